The number of carbonyl (C=O) groups is 1. The highest BCUT2D eigenvalue weighted by Crippen LogP contribution is 2.30. The average Bonchev–Trinajstić information content (AvgIpc) is 3.09. The van der Waals surface area contributed by atoms with Crippen LogP contribution in [0.1, 0.15) is 56.0 Å². The van der Waals surface area contributed by atoms with E-state index in [4.69, 9.17) is 14.2 Å². The zero-order valence-electron chi connectivity index (χ0n) is 29.5. The first-order valence-electron chi connectivity index (χ1n) is 16.7. The number of benzene rings is 3. The molecule has 4 atom stereocenters. The average molecular weight is 732 g/mol. The summed E-state index contributed by atoms with van der Waals surface area (Å²) < 4.78 is 75.1. The molecule has 0 spiro atoms. The zero-order valence-corrected chi connectivity index (χ0v) is 31.2. The Morgan fingerprint density at radius 2 is 1.66 bits per heavy atom. The van der Waals surface area contributed by atoms with E-state index in [0.717, 1.165) is 12.0 Å². The highest BCUT2D eigenvalue weighted by molar-refractivity contribution is 7.92. The number of nitrogens with one attached hydrogen (secondary N) is 1. The molecule has 0 fully saturated rings. The standard InChI is InChI=1S/C36H49N3O9S2/c1-25-10-15-31(16-11-25)49(42,43)37-29-12-19-34-33(21-29)36(41)39(27(3)24-40)22-26(2)35(47-20-8-7-9-28(4)48-34)23-38(5)50(44,45)32-17-13-30(46-6)14-18-32/h10-19,21,26-28,35,37,40H,7-9,20,22-24H2,1-6H3/t26-,27+,28+,35+/m0/s1. The molecule has 0 radical (unpaired) electrons. The molecule has 50 heavy (non-hydrogen) atoms. The molecule has 0 aliphatic carbocycles. The molecule has 4 rings (SSSR count). The van der Waals surface area contributed by atoms with Crippen molar-refractivity contribution in [2.75, 3.05) is 45.2 Å². The molecular formula is C36H49N3O9S2. The highest BCUT2D eigenvalue weighted by Gasteiger charge is 2.32. The highest BCUT2D eigenvalue weighted by atomic mass is 32.2. The van der Waals surface area contributed by atoms with Crippen LogP contribution in [-0.4, -0.2) is 95.8 Å². The molecule has 12 nitrogen and oxygen atoms in total. The van der Waals surface area contributed by atoms with E-state index in [0.29, 0.717) is 30.9 Å². The molecule has 274 valence electrons. The molecule has 3 aromatic carbocycles. The number of aliphatic hydroxyl groups excluding tert-OH is 1. The number of aryl methyl sites for hydroxylation is 1. The number of fused-ring (bicyclic) bond motifs is 1. The summed E-state index contributed by atoms with van der Waals surface area (Å²) in [6.07, 6.45) is 1.24. The molecular weight excluding hydrogens is 683 g/mol. The van der Waals surface area contributed by atoms with Crippen molar-refractivity contribution < 1.29 is 40.9 Å². The van der Waals surface area contributed by atoms with Crippen molar-refractivity contribution in [2.45, 2.75) is 75.0 Å². The topological polar surface area (TPSA) is 152 Å². The number of anilines is 1. The van der Waals surface area contributed by atoms with E-state index in [1.807, 2.05) is 20.8 Å². The lowest BCUT2D eigenvalue weighted by Crippen LogP contribution is -2.48. The van der Waals surface area contributed by atoms with Gasteiger partial charge in [-0.3, -0.25) is 9.52 Å². The molecule has 2 N–H and O–H groups in total. The summed E-state index contributed by atoms with van der Waals surface area (Å²) in [6, 6.07) is 16.5. The van der Waals surface area contributed by atoms with Gasteiger partial charge in [0, 0.05) is 38.3 Å². The Morgan fingerprint density at radius 3 is 2.30 bits per heavy atom. The summed E-state index contributed by atoms with van der Waals surface area (Å²) in [5.41, 5.74) is 1.21. The maximum atomic E-state index is 14.4. The third-order valence-electron chi connectivity index (χ3n) is 8.84. The Morgan fingerprint density at radius 1 is 1.00 bits per heavy atom. The number of nitrogens with zero attached hydrogens (tertiary/aromatic N) is 2. The number of ether oxygens (including phenoxy) is 3. The van der Waals surface area contributed by atoms with Crippen LogP contribution >= 0.6 is 0 Å². The van der Waals surface area contributed by atoms with E-state index in [-0.39, 0.29) is 52.8 Å². The predicted molar refractivity (Wildman–Crippen MR) is 192 cm³/mol. The molecule has 0 saturated heterocycles. The van der Waals surface area contributed by atoms with Gasteiger partial charge in [-0.1, -0.05) is 24.6 Å². The Hall–Kier alpha value is -3.69. The van der Waals surface area contributed by atoms with Gasteiger partial charge in [-0.25, -0.2) is 16.8 Å². The van der Waals surface area contributed by atoms with E-state index in [1.54, 1.807) is 43.3 Å². The van der Waals surface area contributed by atoms with E-state index >= 15 is 0 Å². The fourth-order valence-corrected chi connectivity index (χ4v) is 7.89. The minimum Gasteiger partial charge on any atom is -0.497 e. The van der Waals surface area contributed by atoms with Crippen LogP contribution in [-0.2, 0) is 24.8 Å². The fraction of sp³-hybridized carbons (Fsp3) is 0.472. The quantitative estimate of drug-likeness (QED) is 0.296. The molecule has 1 amide bonds. The number of likely N-dealkylation sites (N-methyl/N-ethyl adjacent to an activating group) is 1. The van der Waals surface area contributed by atoms with Crippen LogP contribution in [0, 0.1) is 12.8 Å². The van der Waals surface area contributed by atoms with Gasteiger partial charge in [-0.15, -0.1) is 0 Å². The third kappa shape index (κ3) is 9.75. The summed E-state index contributed by atoms with van der Waals surface area (Å²) in [6.45, 7) is 7.50. The monoisotopic (exact) mass is 731 g/mol. The van der Waals surface area contributed by atoms with Gasteiger partial charge in [0.15, 0.2) is 0 Å². The first-order chi connectivity index (χ1) is 23.7. The van der Waals surface area contributed by atoms with Gasteiger partial charge in [-0.05, 0) is 94.6 Å². The Balaban J connectivity index is 1.66. The lowest BCUT2D eigenvalue weighted by atomic mass is 10.0. The van der Waals surface area contributed by atoms with Gasteiger partial charge in [0.1, 0.15) is 11.5 Å². The summed E-state index contributed by atoms with van der Waals surface area (Å²) in [5, 5.41) is 10.2. The predicted octanol–water partition coefficient (Wildman–Crippen LogP) is 4.92. The second-order valence-corrected chi connectivity index (χ2v) is 16.6. The Labute approximate surface area is 296 Å². The largest absolute Gasteiger partial charge is 0.497 e. The van der Waals surface area contributed by atoms with E-state index in [2.05, 4.69) is 4.72 Å². The van der Waals surface area contributed by atoms with Crippen LogP contribution in [0.4, 0.5) is 5.69 Å². The zero-order chi connectivity index (χ0) is 36.6. The number of hydrogen-bond acceptors (Lipinski definition) is 9. The smallest absolute Gasteiger partial charge is 0.261 e. The van der Waals surface area contributed by atoms with Crippen molar-refractivity contribution in [2.24, 2.45) is 5.92 Å². The summed E-state index contributed by atoms with van der Waals surface area (Å²) in [7, 11) is -4.84. The van der Waals surface area contributed by atoms with Crippen LogP contribution < -0.4 is 14.2 Å². The summed E-state index contributed by atoms with van der Waals surface area (Å²) in [4.78, 5) is 16.1. The number of amides is 1. The molecule has 14 heteroatoms. The van der Waals surface area contributed by atoms with Crippen molar-refractivity contribution in [1.82, 2.24) is 9.21 Å². The number of aliphatic hydroxyl groups is 1. The van der Waals surface area contributed by atoms with Crippen molar-refractivity contribution in [1.29, 1.82) is 0 Å². The second kappa shape index (κ2) is 17.0. The first kappa shape index (κ1) is 39.1. The number of sulfonamides is 2. The van der Waals surface area contributed by atoms with Crippen LogP contribution in [0.2, 0.25) is 0 Å². The van der Waals surface area contributed by atoms with Crippen LogP contribution in [0.15, 0.2) is 76.5 Å². The molecule has 0 bridgehead atoms. The van der Waals surface area contributed by atoms with Gasteiger partial charge in [0.25, 0.3) is 15.9 Å². The number of carbonyl (C=O) groups excluding carboxylic acids is 1. The summed E-state index contributed by atoms with van der Waals surface area (Å²) >= 11 is 0. The lowest BCUT2D eigenvalue weighted by molar-refractivity contribution is -0.00833. The normalized spacial score (nSPS) is 20.4. The van der Waals surface area contributed by atoms with Crippen molar-refractivity contribution in [3.05, 3.63) is 77.9 Å². The molecule has 0 saturated carbocycles. The van der Waals surface area contributed by atoms with Crippen molar-refractivity contribution in [3.8, 4) is 11.5 Å². The van der Waals surface area contributed by atoms with Gasteiger partial charge in [-0.2, -0.15) is 4.31 Å². The summed E-state index contributed by atoms with van der Waals surface area (Å²) in [5.74, 6) is -0.0314. The number of rotatable bonds is 10. The lowest BCUT2D eigenvalue weighted by Gasteiger charge is -2.35. The van der Waals surface area contributed by atoms with Gasteiger partial charge in [0.2, 0.25) is 10.0 Å². The van der Waals surface area contributed by atoms with Crippen molar-refractivity contribution >= 4 is 31.6 Å². The van der Waals surface area contributed by atoms with Crippen LogP contribution in [0.5, 0.6) is 11.5 Å². The molecule has 0 aromatic heterocycles. The molecule has 3 aromatic rings. The van der Waals surface area contributed by atoms with Crippen molar-refractivity contribution in [3.63, 3.8) is 0 Å². The number of hydrogen-bond donors (Lipinski definition) is 2. The van der Waals surface area contributed by atoms with E-state index < -0.39 is 38.1 Å². The third-order valence-corrected chi connectivity index (χ3v) is 12.1. The minimum absolute atomic E-state index is 0.0199. The second-order valence-electron chi connectivity index (χ2n) is 12.9. The molecule has 1 heterocycles. The van der Waals surface area contributed by atoms with E-state index in [1.165, 1.54) is 53.7 Å². The maximum absolute atomic E-state index is 14.4. The molecule has 1 aliphatic rings. The van der Waals surface area contributed by atoms with Gasteiger partial charge in [0.05, 0.1) is 47.3 Å². The minimum atomic E-state index is -3.96. The Kier molecular flexibility index (Phi) is 13.3. The van der Waals surface area contributed by atoms with Gasteiger partial charge < -0.3 is 24.2 Å². The fourth-order valence-electron chi connectivity index (χ4n) is 5.66. The first-order valence-corrected chi connectivity index (χ1v) is 19.6. The molecule has 1 aliphatic heterocycles. The van der Waals surface area contributed by atoms with Gasteiger partial charge >= 0.3 is 0 Å². The molecule has 0 unspecified atom stereocenters. The maximum Gasteiger partial charge on any atom is 0.261 e. The number of methoxy groups -OCH3 is 1. The Bertz CT molecular complexity index is 1800. The SMILES string of the molecule is COc1ccc(S(=O)(=O)N(C)C[C@H]2OCCCC[C@@H](C)Oc3ccc(NS(=O)(=O)c4ccc(C)cc4)cc3C(=O)N([C@H](C)CO)C[C@@H]2C)cc1. The van der Waals surface area contributed by atoms with E-state index in [9.17, 15) is 26.7 Å². The van der Waals surface area contributed by atoms with Crippen LogP contribution in [0.25, 0.3) is 0 Å². The van der Waals surface area contributed by atoms with Crippen LogP contribution in [0.3, 0.4) is 0 Å².